The fourth-order valence-electron chi connectivity index (χ4n) is 2.01. The Morgan fingerprint density at radius 2 is 1.83 bits per heavy atom. The third-order valence-corrected chi connectivity index (χ3v) is 4.72. The smallest absolute Gasteiger partial charge is 0.237 e. The molecule has 1 amide bonds. The van der Waals surface area contributed by atoms with Crippen molar-refractivity contribution < 1.29 is 13.2 Å². The van der Waals surface area contributed by atoms with Gasteiger partial charge in [-0.05, 0) is 6.42 Å². The molecule has 0 aliphatic carbocycles. The maximum atomic E-state index is 11.8. The van der Waals surface area contributed by atoms with Crippen molar-refractivity contribution in [2.75, 3.05) is 37.7 Å². The molecule has 1 N–H and O–H groups in total. The van der Waals surface area contributed by atoms with E-state index in [1.54, 1.807) is 4.90 Å². The van der Waals surface area contributed by atoms with Gasteiger partial charge in [0.25, 0.3) is 0 Å². The average molecular weight is 276 g/mol. The third-order valence-electron chi connectivity index (χ3n) is 3.12. The molecule has 1 heterocycles. The van der Waals surface area contributed by atoms with Gasteiger partial charge >= 0.3 is 0 Å². The van der Waals surface area contributed by atoms with E-state index >= 15 is 0 Å². The standard InChI is InChI=1S/C12H24N2O3S/c1-2-3-4-5-10-18(16,17)11-12(15)14-8-6-13-7-9-14/h13H,2-11H2,1H3. The van der Waals surface area contributed by atoms with Crippen LogP contribution in [-0.4, -0.2) is 56.9 Å². The highest BCUT2D eigenvalue weighted by Gasteiger charge is 2.22. The van der Waals surface area contributed by atoms with Crippen LogP contribution in [0.15, 0.2) is 0 Å². The highest BCUT2D eigenvalue weighted by atomic mass is 32.2. The number of carbonyl (C=O) groups is 1. The first-order valence-corrected chi connectivity index (χ1v) is 8.56. The molecule has 18 heavy (non-hydrogen) atoms. The predicted molar refractivity (Wildman–Crippen MR) is 72.2 cm³/mol. The van der Waals surface area contributed by atoms with Crippen molar-refractivity contribution in [2.24, 2.45) is 0 Å². The van der Waals surface area contributed by atoms with Crippen molar-refractivity contribution in [3.05, 3.63) is 0 Å². The Morgan fingerprint density at radius 3 is 2.44 bits per heavy atom. The lowest BCUT2D eigenvalue weighted by atomic mass is 10.2. The summed E-state index contributed by atoms with van der Waals surface area (Å²) in [6.07, 6.45) is 3.74. The van der Waals surface area contributed by atoms with Gasteiger partial charge in [0.15, 0.2) is 9.84 Å². The van der Waals surface area contributed by atoms with Gasteiger partial charge in [-0.25, -0.2) is 8.42 Å². The second-order valence-electron chi connectivity index (χ2n) is 4.78. The summed E-state index contributed by atoms with van der Waals surface area (Å²) in [6.45, 7) is 4.82. The number of hydrogen-bond donors (Lipinski definition) is 1. The average Bonchev–Trinajstić information content (AvgIpc) is 2.35. The van der Waals surface area contributed by atoms with Gasteiger partial charge in [-0.3, -0.25) is 4.79 Å². The van der Waals surface area contributed by atoms with Crippen LogP contribution in [0.3, 0.4) is 0 Å². The number of piperazine rings is 1. The van der Waals surface area contributed by atoms with Gasteiger partial charge < -0.3 is 10.2 Å². The van der Waals surface area contributed by atoms with Crippen LogP contribution in [-0.2, 0) is 14.6 Å². The number of unbranched alkanes of at least 4 members (excludes halogenated alkanes) is 3. The summed E-state index contributed by atoms with van der Waals surface area (Å²) in [5.74, 6) is -0.420. The van der Waals surface area contributed by atoms with E-state index in [4.69, 9.17) is 0 Å². The number of nitrogens with zero attached hydrogens (tertiary/aromatic N) is 1. The molecular weight excluding hydrogens is 252 g/mol. The Kier molecular flexibility index (Phi) is 6.63. The van der Waals surface area contributed by atoms with E-state index in [9.17, 15) is 13.2 Å². The van der Waals surface area contributed by atoms with Crippen molar-refractivity contribution in [3.8, 4) is 0 Å². The zero-order valence-electron chi connectivity index (χ0n) is 11.2. The molecule has 0 radical (unpaired) electrons. The largest absolute Gasteiger partial charge is 0.339 e. The van der Waals surface area contributed by atoms with E-state index in [1.807, 2.05) is 0 Å². The molecule has 1 aliphatic heterocycles. The minimum atomic E-state index is -3.22. The van der Waals surface area contributed by atoms with Crippen molar-refractivity contribution in [3.63, 3.8) is 0 Å². The Morgan fingerprint density at radius 1 is 1.17 bits per heavy atom. The predicted octanol–water partition coefficient (Wildman–Crippen LogP) is 0.413. The molecule has 0 spiro atoms. The van der Waals surface area contributed by atoms with Gasteiger partial charge in [0.2, 0.25) is 5.91 Å². The van der Waals surface area contributed by atoms with Crippen LogP contribution in [0.4, 0.5) is 0 Å². The molecule has 0 atom stereocenters. The van der Waals surface area contributed by atoms with Crippen LogP contribution >= 0.6 is 0 Å². The third kappa shape index (κ3) is 5.82. The van der Waals surface area contributed by atoms with E-state index in [1.165, 1.54) is 0 Å². The SMILES string of the molecule is CCCCCCS(=O)(=O)CC(=O)N1CCNCC1. The summed E-state index contributed by atoms with van der Waals surface area (Å²) in [5.41, 5.74) is 0. The number of rotatable bonds is 7. The summed E-state index contributed by atoms with van der Waals surface area (Å²) < 4.78 is 23.6. The quantitative estimate of drug-likeness (QED) is 0.684. The number of sulfone groups is 1. The zero-order chi connectivity index (χ0) is 13.4. The van der Waals surface area contributed by atoms with Crippen LogP contribution in [0.1, 0.15) is 32.6 Å². The Balaban J connectivity index is 2.32. The van der Waals surface area contributed by atoms with Gasteiger partial charge in [0, 0.05) is 26.2 Å². The monoisotopic (exact) mass is 276 g/mol. The van der Waals surface area contributed by atoms with Gasteiger partial charge in [-0.2, -0.15) is 0 Å². The van der Waals surface area contributed by atoms with Crippen LogP contribution in [0, 0.1) is 0 Å². The molecule has 1 saturated heterocycles. The van der Waals surface area contributed by atoms with Crippen LogP contribution in [0.2, 0.25) is 0 Å². The van der Waals surface area contributed by atoms with Gasteiger partial charge in [0.1, 0.15) is 5.75 Å². The molecule has 1 rings (SSSR count). The molecular formula is C12H24N2O3S. The van der Waals surface area contributed by atoms with E-state index in [2.05, 4.69) is 12.2 Å². The van der Waals surface area contributed by atoms with E-state index < -0.39 is 9.84 Å². The normalized spacial score (nSPS) is 16.8. The first-order chi connectivity index (χ1) is 8.55. The van der Waals surface area contributed by atoms with Crippen molar-refractivity contribution in [2.45, 2.75) is 32.6 Å². The highest BCUT2D eigenvalue weighted by molar-refractivity contribution is 7.92. The van der Waals surface area contributed by atoms with Crippen LogP contribution < -0.4 is 5.32 Å². The minimum Gasteiger partial charge on any atom is -0.339 e. The number of nitrogens with one attached hydrogen (secondary N) is 1. The number of hydrogen-bond acceptors (Lipinski definition) is 4. The molecule has 6 heteroatoms. The molecule has 0 aromatic heterocycles. The highest BCUT2D eigenvalue weighted by Crippen LogP contribution is 2.04. The fourth-order valence-corrected chi connectivity index (χ4v) is 3.36. The molecule has 106 valence electrons. The molecule has 0 saturated carbocycles. The molecule has 0 aromatic carbocycles. The van der Waals surface area contributed by atoms with Gasteiger partial charge in [-0.15, -0.1) is 0 Å². The topological polar surface area (TPSA) is 66.5 Å². The maximum absolute atomic E-state index is 11.8. The molecule has 1 aliphatic rings. The molecule has 0 unspecified atom stereocenters. The second-order valence-corrected chi connectivity index (χ2v) is 6.97. The minimum absolute atomic E-state index is 0.144. The Bertz CT molecular complexity index is 348. The zero-order valence-corrected chi connectivity index (χ0v) is 12.0. The van der Waals surface area contributed by atoms with Crippen LogP contribution in [0.5, 0.6) is 0 Å². The fraction of sp³-hybridized carbons (Fsp3) is 0.917. The summed E-state index contributed by atoms with van der Waals surface area (Å²) >= 11 is 0. The molecule has 1 fully saturated rings. The first kappa shape index (κ1) is 15.4. The number of amides is 1. The van der Waals surface area contributed by atoms with Crippen molar-refractivity contribution in [1.82, 2.24) is 10.2 Å². The second kappa shape index (κ2) is 7.74. The first-order valence-electron chi connectivity index (χ1n) is 6.74. The Labute approximate surface area is 110 Å². The van der Waals surface area contributed by atoms with E-state index in [0.717, 1.165) is 32.4 Å². The van der Waals surface area contributed by atoms with Crippen LogP contribution in [0.25, 0.3) is 0 Å². The van der Waals surface area contributed by atoms with Gasteiger partial charge in [0.05, 0.1) is 5.75 Å². The van der Waals surface area contributed by atoms with E-state index in [-0.39, 0.29) is 17.4 Å². The summed E-state index contributed by atoms with van der Waals surface area (Å²) in [4.78, 5) is 13.5. The lowest BCUT2D eigenvalue weighted by molar-refractivity contribution is -0.128. The molecule has 0 bridgehead atoms. The van der Waals surface area contributed by atoms with Crippen molar-refractivity contribution >= 4 is 15.7 Å². The molecule has 5 nitrogen and oxygen atoms in total. The summed E-state index contributed by atoms with van der Waals surface area (Å²) in [6, 6.07) is 0. The summed E-state index contributed by atoms with van der Waals surface area (Å²) in [7, 11) is -3.22. The van der Waals surface area contributed by atoms with Crippen molar-refractivity contribution in [1.29, 1.82) is 0 Å². The molecule has 0 aromatic rings. The maximum Gasteiger partial charge on any atom is 0.237 e. The lowest BCUT2D eigenvalue weighted by Gasteiger charge is -2.27. The van der Waals surface area contributed by atoms with Gasteiger partial charge in [-0.1, -0.05) is 26.2 Å². The summed E-state index contributed by atoms with van der Waals surface area (Å²) in [5, 5.41) is 3.14. The lowest BCUT2D eigenvalue weighted by Crippen LogP contribution is -2.48. The van der Waals surface area contributed by atoms with E-state index in [0.29, 0.717) is 19.5 Å². The number of carbonyl (C=O) groups excluding carboxylic acids is 1. The Hall–Kier alpha value is -0.620.